The van der Waals surface area contributed by atoms with E-state index in [0.717, 1.165) is 90.3 Å². The molecule has 3 fully saturated rings. The van der Waals surface area contributed by atoms with Crippen molar-refractivity contribution in [3.8, 4) is 17.0 Å². The van der Waals surface area contributed by atoms with Gasteiger partial charge < -0.3 is 14.7 Å². The second-order valence-corrected chi connectivity index (χ2v) is 13.8. The minimum atomic E-state index is -0.652. The number of aliphatic carboxylic acids is 1. The van der Waals surface area contributed by atoms with Gasteiger partial charge >= 0.3 is 5.97 Å². The predicted molar refractivity (Wildman–Crippen MR) is 156 cm³/mol. The fourth-order valence-corrected chi connectivity index (χ4v) is 7.66. The summed E-state index contributed by atoms with van der Waals surface area (Å²) in [5.41, 5.74) is 6.18. The first-order valence-electron chi connectivity index (χ1n) is 13.6. The molecule has 2 aromatic carbocycles. The number of thiazole rings is 1. The Morgan fingerprint density at radius 3 is 2.62 bits per heavy atom. The van der Waals surface area contributed by atoms with Crippen molar-refractivity contribution < 1.29 is 18.8 Å². The Balaban J connectivity index is 1.11. The molecule has 3 aromatic rings. The summed E-state index contributed by atoms with van der Waals surface area (Å²) in [6.07, 6.45) is 1.61. The summed E-state index contributed by atoms with van der Waals surface area (Å²) in [4.78, 5) is 21.2. The average Bonchev–Trinajstić information content (AvgIpc) is 3.55. The van der Waals surface area contributed by atoms with Crippen molar-refractivity contribution >= 4 is 33.2 Å². The topological polar surface area (TPSA) is 83.0 Å². The summed E-state index contributed by atoms with van der Waals surface area (Å²) in [5.74, 6) is 1.94. The van der Waals surface area contributed by atoms with Gasteiger partial charge in [0.2, 0.25) is 0 Å². The fourth-order valence-electron chi connectivity index (χ4n) is 5.68. The van der Waals surface area contributed by atoms with Crippen LogP contribution in [0.4, 0.5) is 5.13 Å². The van der Waals surface area contributed by atoms with E-state index >= 15 is 0 Å². The molecule has 9 heteroatoms. The number of hydrogen-bond acceptors (Lipinski definition) is 7. The van der Waals surface area contributed by atoms with E-state index < -0.39 is 22.2 Å². The zero-order chi connectivity index (χ0) is 27.1. The zero-order valence-corrected chi connectivity index (χ0v) is 24.2. The summed E-state index contributed by atoms with van der Waals surface area (Å²) in [6, 6.07) is 12.8. The number of aromatic nitrogens is 1. The van der Waals surface area contributed by atoms with Crippen LogP contribution in [0.3, 0.4) is 0 Å². The van der Waals surface area contributed by atoms with Crippen molar-refractivity contribution in [2.45, 2.75) is 39.8 Å². The second kappa shape index (κ2) is 10.7. The Labute approximate surface area is 236 Å². The maximum absolute atomic E-state index is 11.7. The standard InChI is InChI=1S/C30H35N3O4S2/c1-20-3-6-27(37-18-23-5-4-22(14-21(23)2)15-32-9-11-39(36)12-10-32)25(13-20)26-19-38-29(31-26)33-16-24(17-33)30(7-8-30)28(34)35/h3-6,13-14,19,24H,7-12,15-18H2,1-2H3,(H,34,35). The van der Waals surface area contributed by atoms with Gasteiger partial charge in [-0.15, -0.1) is 11.3 Å². The first-order chi connectivity index (χ1) is 18.8. The molecule has 0 radical (unpaired) electrons. The third-order valence-electron chi connectivity index (χ3n) is 8.52. The van der Waals surface area contributed by atoms with Crippen LogP contribution in [0.1, 0.15) is 35.1 Å². The number of carboxylic acids is 1. The van der Waals surface area contributed by atoms with Crippen molar-refractivity contribution in [2.24, 2.45) is 11.3 Å². The van der Waals surface area contributed by atoms with Gasteiger partial charge in [-0.05, 0) is 55.5 Å². The zero-order valence-electron chi connectivity index (χ0n) is 22.5. The van der Waals surface area contributed by atoms with Gasteiger partial charge in [-0.25, -0.2) is 4.98 Å². The van der Waals surface area contributed by atoms with E-state index in [1.165, 1.54) is 11.1 Å². The van der Waals surface area contributed by atoms with Gasteiger partial charge in [0.25, 0.3) is 0 Å². The van der Waals surface area contributed by atoms with Crippen LogP contribution in [0.15, 0.2) is 41.8 Å². The number of ether oxygens (including phenoxy) is 1. The number of rotatable bonds is 9. The highest BCUT2D eigenvalue weighted by atomic mass is 32.2. The number of aryl methyl sites for hydroxylation is 2. The van der Waals surface area contributed by atoms with Crippen molar-refractivity contribution in [1.82, 2.24) is 9.88 Å². The first kappa shape index (κ1) is 26.5. The van der Waals surface area contributed by atoms with E-state index in [2.05, 4.69) is 59.4 Å². The molecule has 0 atom stereocenters. The number of nitrogens with zero attached hydrogens (tertiary/aromatic N) is 3. The van der Waals surface area contributed by atoms with Gasteiger partial charge in [-0.2, -0.15) is 0 Å². The number of carbonyl (C=O) groups is 1. The molecule has 206 valence electrons. The van der Waals surface area contributed by atoms with Gasteiger partial charge in [0.05, 0.1) is 11.1 Å². The van der Waals surface area contributed by atoms with Gasteiger partial charge in [-0.3, -0.25) is 13.9 Å². The number of hydrogen-bond donors (Lipinski definition) is 1. The molecule has 1 saturated carbocycles. The predicted octanol–water partition coefficient (Wildman–Crippen LogP) is 4.87. The summed E-state index contributed by atoms with van der Waals surface area (Å²) in [5, 5.41) is 12.6. The van der Waals surface area contributed by atoms with E-state index in [-0.39, 0.29) is 5.92 Å². The summed E-state index contributed by atoms with van der Waals surface area (Å²) >= 11 is 1.61. The first-order valence-corrected chi connectivity index (χ1v) is 16.0. The SMILES string of the molecule is Cc1ccc(OCc2ccc(CN3CCS(=O)CC3)cc2C)c(-c2csc(N3CC(C4(C(=O)O)CC4)C3)n2)c1. The largest absolute Gasteiger partial charge is 0.488 e. The molecule has 3 aliphatic rings. The lowest BCUT2D eigenvalue weighted by atomic mass is 9.83. The van der Waals surface area contributed by atoms with E-state index in [9.17, 15) is 14.1 Å². The number of anilines is 1. The molecule has 0 bridgehead atoms. The molecule has 3 heterocycles. The Hall–Kier alpha value is -2.75. The normalized spacial score (nSPS) is 19.6. The third-order valence-corrected chi connectivity index (χ3v) is 10.7. The fraction of sp³-hybridized carbons (Fsp3) is 0.467. The van der Waals surface area contributed by atoms with E-state index in [1.54, 1.807) is 11.3 Å². The van der Waals surface area contributed by atoms with Gasteiger partial charge in [-0.1, -0.05) is 29.8 Å². The summed E-state index contributed by atoms with van der Waals surface area (Å²) in [6.45, 7) is 8.90. The van der Waals surface area contributed by atoms with Crippen molar-refractivity contribution in [3.05, 3.63) is 64.0 Å². The lowest BCUT2D eigenvalue weighted by Crippen LogP contribution is -2.52. The molecule has 0 amide bonds. The molecule has 2 aliphatic heterocycles. The Kier molecular flexibility index (Phi) is 7.24. The van der Waals surface area contributed by atoms with Crippen molar-refractivity contribution in [2.75, 3.05) is 42.6 Å². The van der Waals surface area contributed by atoms with E-state index in [1.807, 2.05) is 6.07 Å². The molecule has 7 nitrogen and oxygen atoms in total. The van der Waals surface area contributed by atoms with Crippen LogP contribution in [0.5, 0.6) is 5.75 Å². The molecule has 0 spiro atoms. The van der Waals surface area contributed by atoms with Gasteiger partial charge in [0.15, 0.2) is 5.13 Å². The third kappa shape index (κ3) is 5.49. The minimum absolute atomic E-state index is 0.222. The van der Waals surface area contributed by atoms with Crippen LogP contribution in [0.25, 0.3) is 11.3 Å². The summed E-state index contributed by atoms with van der Waals surface area (Å²) in [7, 11) is -0.652. The lowest BCUT2D eigenvalue weighted by Gasteiger charge is -2.42. The highest BCUT2D eigenvalue weighted by Crippen LogP contribution is 2.55. The van der Waals surface area contributed by atoms with Crippen molar-refractivity contribution in [3.63, 3.8) is 0 Å². The van der Waals surface area contributed by atoms with Crippen LogP contribution < -0.4 is 9.64 Å². The monoisotopic (exact) mass is 565 g/mol. The Morgan fingerprint density at radius 2 is 1.92 bits per heavy atom. The lowest BCUT2D eigenvalue weighted by molar-refractivity contribution is -0.146. The molecule has 1 N–H and O–H groups in total. The van der Waals surface area contributed by atoms with Crippen LogP contribution in [0.2, 0.25) is 0 Å². The van der Waals surface area contributed by atoms with Crippen LogP contribution in [-0.4, -0.2) is 62.9 Å². The van der Waals surface area contributed by atoms with Crippen molar-refractivity contribution in [1.29, 1.82) is 0 Å². The quantitative estimate of drug-likeness (QED) is 0.396. The van der Waals surface area contributed by atoms with Gasteiger partial charge in [0, 0.05) is 71.9 Å². The Morgan fingerprint density at radius 1 is 1.15 bits per heavy atom. The van der Waals surface area contributed by atoms with E-state index in [4.69, 9.17) is 9.72 Å². The number of carboxylic acid groups (broad SMARTS) is 1. The Bertz CT molecular complexity index is 1400. The average molecular weight is 566 g/mol. The number of benzene rings is 2. The van der Waals surface area contributed by atoms with E-state index in [0.29, 0.717) is 6.61 Å². The maximum atomic E-state index is 11.7. The minimum Gasteiger partial charge on any atom is -0.488 e. The highest BCUT2D eigenvalue weighted by molar-refractivity contribution is 7.85. The molecule has 0 unspecified atom stereocenters. The van der Waals surface area contributed by atoms with Crippen LogP contribution in [0, 0.1) is 25.2 Å². The smallest absolute Gasteiger partial charge is 0.310 e. The summed E-state index contributed by atoms with van der Waals surface area (Å²) < 4.78 is 18.0. The second-order valence-electron chi connectivity index (χ2n) is 11.3. The molecule has 39 heavy (non-hydrogen) atoms. The van der Waals surface area contributed by atoms with Gasteiger partial charge in [0.1, 0.15) is 12.4 Å². The van der Waals surface area contributed by atoms with Crippen LogP contribution in [-0.2, 0) is 28.7 Å². The highest BCUT2D eigenvalue weighted by Gasteiger charge is 2.59. The molecular formula is C30H35N3O4S2. The molecule has 1 aromatic heterocycles. The molecule has 1 aliphatic carbocycles. The van der Waals surface area contributed by atoms with Crippen LogP contribution >= 0.6 is 11.3 Å². The molecule has 2 saturated heterocycles. The molecular weight excluding hydrogens is 530 g/mol. The maximum Gasteiger partial charge on any atom is 0.310 e. The molecule has 6 rings (SSSR count).